The third-order valence-corrected chi connectivity index (χ3v) is 9.99. The number of carbonyl (C=O) groups is 3. The molecule has 2 aliphatic heterocycles. The van der Waals surface area contributed by atoms with Crippen LogP contribution in [-0.2, 0) is 20.9 Å². The second-order valence-electron chi connectivity index (χ2n) is 9.22. The average molecular weight is 638 g/mol. The van der Waals surface area contributed by atoms with Crippen molar-refractivity contribution in [2.75, 3.05) is 17.3 Å². The van der Waals surface area contributed by atoms with E-state index in [-0.39, 0.29) is 29.1 Å². The molecule has 4 heterocycles. The summed E-state index contributed by atoms with van der Waals surface area (Å²) in [5.41, 5.74) is 1.78. The van der Waals surface area contributed by atoms with E-state index in [1.54, 1.807) is 74.1 Å². The lowest BCUT2D eigenvalue weighted by Crippen LogP contribution is -2.33. The molecule has 9 nitrogen and oxygen atoms in total. The summed E-state index contributed by atoms with van der Waals surface area (Å²) in [6.45, 7) is -0.237. The van der Waals surface area contributed by atoms with Crippen molar-refractivity contribution in [2.24, 2.45) is 5.92 Å². The summed E-state index contributed by atoms with van der Waals surface area (Å²) in [6, 6.07) is 17.5. The quantitative estimate of drug-likeness (QED) is 0.310. The standard InChI is InChI=1S/C28H21BrN4O5S2/c1-38-19-10-6-17(7-11-19)31-20(34)14-32-27-24(40-28(32)37)21(15-3-2-12-30-13-15)22-23(39-27)26(36)33(25(22)35)18-8-4-16(29)5-9-18/h2-13,21-23H,14H2,1H3,(H,31,34)/t21-,22-,23+/m0/s1. The van der Waals surface area contributed by atoms with Crippen LogP contribution in [0.1, 0.15) is 16.4 Å². The second kappa shape index (κ2) is 10.7. The van der Waals surface area contributed by atoms with Crippen molar-refractivity contribution in [1.82, 2.24) is 9.55 Å². The molecule has 4 aromatic rings. The Labute approximate surface area is 245 Å². The maximum absolute atomic E-state index is 13.9. The van der Waals surface area contributed by atoms with Crippen LogP contribution in [0.3, 0.4) is 0 Å². The Balaban J connectivity index is 1.37. The number of aromatic nitrogens is 2. The van der Waals surface area contributed by atoms with Crippen molar-refractivity contribution in [1.29, 1.82) is 0 Å². The van der Waals surface area contributed by atoms with Crippen LogP contribution in [0.5, 0.6) is 5.75 Å². The lowest BCUT2D eigenvalue weighted by molar-refractivity contribution is -0.122. The zero-order valence-electron chi connectivity index (χ0n) is 20.9. The Morgan fingerprint density at radius 3 is 2.48 bits per heavy atom. The van der Waals surface area contributed by atoms with Gasteiger partial charge in [-0.25, -0.2) is 4.90 Å². The van der Waals surface area contributed by atoms with Crippen molar-refractivity contribution in [3.63, 3.8) is 0 Å². The maximum atomic E-state index is 13.9. The van der Waals surface area contributed by atoms with Crippen molar-refractivity contribution in [3.8, 4) is 5.75 Å². The van der Waals surface area contributed by atoms with E-state index in [4.69, 9.17) is 4.74 Å². The Morgan fingerprint density at radius 2 is 1.80 bits per heavy atom. The zero-order chi connectivity index (χ0) is 28.0. The van der Waals surface area contributed by atoms with E-state index >= 15 is 0 Å². The minimum absolute atomic E-state index is 0.237. The number of halogens is 1. The summed E-state index contributed by atoms with van der Waals surface area (Å²) >= 11 is 5.57. The number of methoxy groups -OCH3 is 1. The summed E-state index contributed by atoms with van der Waals surface area (Å²) in [5, 5.41) is 2.56. The number of benzene rings is 2. The molecule has 0 aliphatic carbocycles. The molecule has 0 unspecified atom stereocenters. The van der Waals surface area contributed by atoms with E-state index in [0.717, 1.165) is 21.4 Å². The van der Waals surface area contributed by atoms with Gasteiger partial charge in [0, 0.05) is 33.3 Å². The summed E-state index contributed by atoms with van der Waals surface area (Å²) in [4.78, 5) is 59.6. The number of anilines is 2. The number of nitrogens with zero attached hydrogens (tertiary/aromatic N) is 3. The number of fused-ring (bicyclic) bond motifs is 2. The molecule has 0 bridgehead atoms. The molecule has 1 N–H and O–H groups in total. The number of rotatable bonds is 6. The summed E-state index contributed by atoms with van der Waals surface area (Å²) in [7, 11) is 1.56. The molecular formula is C28H21BrN4O5S2. The van der Waals surface area contributed by atoms with Gasteiger partial charge in [0.2, 0.25) is 17.7 Å². The molecule has 6 rings (SSSR count). The molecule has 0 spiro atoms. The highest BCUT2D eigenvalue weighted by atomic mass is 79.9. The van der Waals surface area contributed by atoms with Gasteiger partial charge in [0.05, 0.1) is 23.7 Å². The number of hydrogen-bond acceptors (Lipinski definition) is 8. The van der Waals surface area contributed by atoms with Crippen LogP contribution in [0, 0.1) is 5.92 Å². The van der Waals surface area contributed by atoms with Gasteiger partial charge in [0.15, 0.2) is 0 Å². The molecule has 2 aromatic heterocycles. The first-order valence-electron chi connectivity index (χ1n) is 12.2. The van der Waals surface area contributed by atoms with Gasteiger partial charge in [-0.05, 0) is 60.2 Å². The van der Waals surface area contributed by atoms with E-state index in [0.29, 0.717) is 27.0 Å². The Morgan fingerprint density at radius 1 is 1.05 bits per heavy atom. The molecule has 2 aromatic carbocycles. The van der Waals surface area contributed by atoms with Crippen LogP contribution < -0.4 is 19.8 Å². The number of thiazole rings is 1. The lowest BCUT2D eigenvalue weighted by Gasteiger charge is -2.30. The number of carbonyl (C=O) groups excluding carboxylic acids is 3. The van der Waals surface area contributed by atoms with Crippen LogP contribution in [0.4, 0.5) is 11.4 Å². The predicted molar refractivity (Wildman–Crippen MR) is 156 cm³/mol. The third kappa shape index (κ3) is 4.65. The molecule has 2 aliphatic rings. The molecule has 3 atom stereocenters. The summed E-state index contributed by atoms with van der Waals surface area (Å²) < 4.78 is 7.37. The van der Waals surface area contributed by atoms with Crippen LogP contribution in [0.2, 0.25) is 0 Å². The molecule has 40 heavy (non-hydrogen) atoms. The Bertz CT molecular complexity index is 1670. The van der Waals surface area contributed by atoms with Gasteiger partial charge >= 0.3 is 4.87 Å². The Kier molecular flexibility index (Phi) is 7.07. The van der Waals surface area contributed by atoms with E-state index in [1.807, 2.05) is 6.07 Å². The largest absolute Gasteiger partial charge is 0.497 e. The topological polar surface area (TPSA) is 111 Å². The predicted octanol–water partition coefficient (Wildman–Crippen LogP) is 4.51. The van der Waals surface area contributed by atoms with E-state index < -0.39 is 17.1 Å². The highest BCUT2D eigenvalue weighted by Crippen LogP contribution is 2.53. The second-order valence-corrected chi connectivity index (χ2v) is 12.3. The van der Waals surface area contributed by atoms with Crippen molar-refractivity contribution in [2.45, 2.75) is 22.7 Å². The fourth-order valence-electron chi connectivity index (χ4n) is 5.04. The van der Waals surface area contributed by atoms with Crippen LogP contribution in [-0.4, -0.2) is 39.6 Å². The first kappa shape index (κ1) is 26.5. The average Bonchev–Trinajstić information content (AvgIpc) is 3.40. The number of pyridine rings is 1. The van der Waals surface area contributed by atoms with Crippen molar-refractivity contribution >= 4 is 68.1 Å². The molecular weight excluding hydrogens is 616 g/mol. The molecule has 202 valence electrons. The zero-order valence-corrected chi connectivity index (χ0v) is 24.2. The molecule has 0 saturated carbocycles. The fourth-order valence-corrected chi connectivity index (χ4v) is 8.08. The first-order valence-corrected chi connectivity index (χ1v) is 14.7. The van der Waals surface area contributed by atoms with Gasteiger partial charge in [-0.15, -0.1) is 0 Å². The SMILES string of the molecule is COc1ccc(NC(=O)Cn2c3c(sc2=O)[C@@H](c2cccnc2)[C@@H]2C(=O)N(c4ccc(Br)cc4)C(=O)[C@@H]2S3)cc1. The van der Waals surface area contributed by atoms with E-state index in [2.05, 4.69) is 26.2 Å². The van der Waals surface area contributed by atoms with Gasteiger partial charge in [-0.1, -0.05) is 45.1 Å². The maximum Gasteiger partial charge on any atom is 0.308 e. The molecule has 1 fully saturated rings. The number of thioether (sulfide) groups is 1. The first-order chi connectivity index (χ1) is 19.4. The van der Waals surface area contributed by atoms with E-state index in [1.165, 1.54) is 21.2 Å². The smallest absolute Gasteiger partial charge is 0.308 e. The number of nitrogens with one attached hydrogen (secondary N) is 1. The monoisotopic (exact) mass is 636 g/mol. The van der Waals surface area contributed by atoms with Crippen LogP contribution in [0.15, 0.2) is 87.4 Å². The molecule has 3 amide bonds. The number of ether oxygens (including phenoxy) is 1. The minimum Gasteiger partial charge on any atom is -0.497 e. The summed E-state index contributed by atoms with van der Waals surface area (Å²) in [5.74, 6) is -1.70. The van der Waals surface area contributed by atoms with Gasteiger partial charge in [0.1, 0.15) is 17.5 Å². The third-order valence-electron chi connectivity index (χ3n) is 6.85. The van der Waals surface area contributed by atoms with Crippen LogP contribution in [0.25, 0.3) is 0 Å². The number of imide groups is 1. The lowest BCUT2D eigenvalue weighted by atomic mass is 9.84. The number of hydrogen-bond donors (Lipinski definition) is 1. The molecule has 0 radical (unpaired) electrons. The number of amides is 3. The van der Waals surface area contributed by atoms with Gasteiger partial charge in [-0.2, -0.15) is 0 Å². The van der Waals surface area contributed by atoms with Gasteiger partial charge in [-0.3, -0.25) is 28.7 Å². The van der Waals surface area contributed by atoms with Crippen molar-refractivity contribution in [3.05, 3.63) is 97.6 Å². The molecule has 12 heteroatoms. The van der Waals surface area contributed by atoms with Crippen LogP contribution >= 0.6 is 39.0 Å². The van der Waals surface area contributed by atoms with Gasteiger partial charge < -0.3 is 10.1 Å². The minimum atomic E-state index is -0.765. The normalized spacial score (nSPS) is 19.8. The van der Waals surface area contributed by atoms with Crippen molar-refractivity contribution < 1.29 is 19.1 Å². The fraction of sp³-hybridized carbons (Fsp3) is 0.179. The molecule has 1 saturated heterocycles. The van der Waals surface area contributed by atoms with E-state index in [9.17, 15) is 19.2 Å². The Hall–Kier alpha value is -3.74. The highest BCUT2D eigenvalue weighted by Gasteiger charge is 2.56. The summed E-state index contributed by atoms with van der Waals surface area (Å²) in [6.07, 6.45) is 3.29. The van der Waals surface area contributed by atoms with Gasteiger partial charge in [0.25, 0.3) is 0 Å². The highest BCUT2D eigenvalue weighted by molar-refractivity contribution is 9.10.